The van der Waals surface area contributed by atoms with Crippen molar-refractivity contribution in [1.82, 2.24) is 0 Å². The van der Waals surface area contributed by atoms with E-state index in [0.717, 1.165) is 23.9 Å². The molecule has 4 nitrogen and oxygen atoms in total. The number of ether oxygens (including phenoxy) is 1. The second-order valence-corrected chi connectivity index (χ2v) is 6.00. The maximum atomic E-state index is 13.2. The Morgan fingerprint density at radius 2 is 1.68 bits per heavy atom. The minimum absolute atomic E-state index is 0.0252. The average molecular weight is 370 g/mol. The van der Waals surface area contributed by atoms with Crippen molar-refractivity contribution in [3.05, 3.63) is 59.2 Å². The maximum Gasteiger partial charge on any atom is 0.417 e. The van der Waals surface area contributed by atoms with E-state index in [2.05, 4.69) is 4.74 Å². The van der Waals surface area contributed by atoms with Crippen LogP contribution in [0.4, 0.5) is 13.2 Å². The minimum atomic E-state index is -4.70. The molecule has 0 radical (unpaired) electrons. The van der Waals surface area contributed by atoms with Gasteiger partial charge >= 0.3 is 18.1 Å². The lowest BCUT2D eigenvalue weighted by Crippen LogP contribution is -2.15. The zero-order valence-electron chi connectivity index (χ0n) is 13.0. The molecule has 0 saturated heterocycles. The third-order valence-corrected chi connectivity index (χ3v) is 4.13. The fraction of sp³-hybridized carbons (Fsp3) is 0.176. The molecule has 0 aliphatic heterocycles. The molecule has 0 aromatic heterocycles. The molecule has 0 heterocycles. The number of esters is 1. The van der Waals surface area contributed by atoms with Gasteiger partial charge in [-0.2, -0.15) is 13.2 Å². The third-order valence-electron chi connectivity index (χ3n) is 3.13. The Morgan fingerprint density at radius 1 is 1.08 bits per heavy atom. The molecule has 0 aliphatic carbocycles. The van der Waals surface area contributed by atoms with Gasteiger partial charge in [-0.25, -0.2) is 9.59 Å². The normalized spacial score (nSPS) is 11.2. The van der Waals surface area contributed by atoms with E-state index in [1.807, 2.05) is 0 Å². The van der Waals surface area contributed by atoms with Crippen LogP contribution < -0.4 is 0 Å². The number of benzene rings is 2. The van der Waals surface area contributed by atoms with Crippen molar-refractivity contribution in [2.24, 2.45) is 0 Å². The molecule has 0 fully saturated rings. The number of carbonyl (C=O) groups excluding carboxylic acids is 1. The molecule has 132 valence electrons. The van der Waals surface area contributed by atoms with E-state index >= 15 is 0 Å². The topological polar surface area (TPSA) is 63.6 Å². The summed E-state index contributed by atoms with van der Waals surface area (Å²) < 4.78 is 44.3. The Labute approximate surface area is 145 Å². The van der Waals surface area contributed by atoms with Crippen molar-refractivity contribution < 1.29 is 32.6 Å². The Kier molecular flexibility index (Phi) is 5.73. The van der Waals surface area contributed by atoms with Crippen molar-refractivity contribution >= 4 is 23.7 Å². The van der Waals surface area contributed by atoms with Crippen molar-refractivity contribution in [2.45, 2.75) is 22.9 Å². The monoisotopic (exact) mass is 370 g/mol. The zero-order chi connectivity index (χ0) is 18.6. The van der Waals surface area contributed by atoms with Crippen LogP contribution in [0.1, 0.15) is 33.2 Å². The molecule has 0 unspecified atom stereocenters. The average Bonchev–Trinajstić information content (AvgIpc) is 2.54. The fourth-order valence-corrected chi connectivity index (χ4v) is 2.87. The first kappa shape index (κ1) is 18.9. The van der Waals surface area contributed by atoms with E-state index in [1.165, 1.54) is 37.3 Å². The largest absolute Gasteiger partial charge is 0.478 e. The van der Waals surface area contributed by atoms with E-state index in [-0.39, 0.29) is 17.1 Å². The number of halogens is 3. The van der Waals surface area contributed by atoms with Crippen molar-refractivity contribution in [3.8, 4) is 0 Å². The van der Waals surface area contributed by atoms with Crippen LogP contribution >= 0.6 is 11.8 Å². The lowest BCUT2D eigenvalue weighted by Gasteiger charge is -2.13. The standard InChI is InChI=1S/C17H13F3O4S/c1-2-24-16(23)13-8-7-12(9-14(13)17(18,19)20)25-11-5-3-10(4-6-11)15(21)22/h3-9H,2H2,1H3,(H,21,22). The Bertz CT molecular complexity index is 785. The van der Waals surface area contributed by atoms with Crippen LogP contribution in [0.25, 0.3) is 0 Å². The number of rotatable bonds is 5. The Hall–Kier alpha value is -2.48. The van der Waals surface area contributed by atoms with Gasteiger partial charge in [-0.05, 0) is 49.4 Å². The molecule has 2 aromatic carbocycles. The highest BCUT2D eigenvalue weighted by molar-refractivity contribution is 7.99. The molecule has 0 spiro atoms. The van der Waals surface area contributed by atoms with Gasteiger partial charge in [0.1, 0.15) is 0 Å². The van der Waals surface area contributed by atoms with Crippen molar-refractivity contribution in [3.63, 3.8) is 0 Å². The van der Waals surface area contributed by atoms with Gasteiger partial charge in [0.2, 0.25) is 0 Å². The summed E-state index contributed by atoms with van der Waals surface area (Å²) in [7, 11) is 0. The van der Waals surface area contributed by atoms with Crippen LogP contribution in [0.2, 0.25) is 0 Å². The Balaban J connectivity index is 2.33. The summed E-state index contributed by atoms with van der Waals surface area (Å²) in [5.41, 5.74) is -1.53. The van der Waals surface area contributed by atoms with Gasteiger partial charge in [-0.3, -0.25) is 0 Å². The SMILES string of the molecule is CCOC(=O)c1ccc(Sc2ccc(C(=O)O)cc2)cc1C(F)(F)F. The van der Waals surface area contributed by atoms with Crippen LogP contribution in [0, 0.1) is 0 Å². The first-order valence-corrected chi connectivity index (χ1v) is 7.93. The first-order chi connectivity index (χ1) is 11.7. The number of carbonyl (C=O) groups is 2. The summed E-state index contributed by atoms with van der Waals surface area (Å²) >= 11 is 1.03. The van der Waals surface area contributed by atoms with Crippen LogP contribution in [-0.4, -0.2) is 23.7 Å². The highest BCUT2D eigenvalue weighted by atomic mass is 32.2. The lowest BCUT2D eigenvalue weighted by molar-refractivity contribution is -0.138. The molecule has 25 heavy (non-hydrogen) atoms. The quantitative estimate of drug-likeness (QED) is 0.771. The van der Waals surface area contributed by atoms with Crippen LogP contribution in [0.5, 0.6) is 0 Å². The first-order valence-electron chi connectivity index (χ1n) is 7.12. The molecule has 1 N–H and O–H groups in total. The van der Waals surface area contributed by atoms with Crippen LogP contribution in [0.3, 0.4) is 0 Å². The Morgan fingerprint density at radius 3 is 2.20 bits per heavy atom. The molecular weight excluding hydrogens is 357 g/mol. The number of aromatic carboxylic acids is 1. The fourth-order valence-electron chi connectivity index (χ4n) is 2.01. The molecule has 0 saturated carbocycles. The number of carboxylic acids is 1. The van der Waals surface area contributed by atoms with Crippen molar-refractivity contribution in [1.29, 1.82) is 0 Å². The minimum Gasteiger partial charge on any atom is -0.478 e. The smallest absolute Gasteiger partial charge is 0.417 e. The molecule has 0 amide bonds. The molecule has 0 atom stereocenters. The van der Waals surface area contributed by atoms with Crippen LogP contribution in [0.15, 0.2) is 52.3 Å². The van der Waals surface area contributed by atoms with Gasteiger partial charge in [0, 0.05) is 9.79 Å². The van der Waals surface area contributed by atoms with E-state index in [1.54, 1.807) is 0 Å². The number of alkyl halides is 3. The molecule has 0 bridgehead atoms. The van der Waals surface area contributed by atoms with E-state index in [9.17, 15) is 22.8 Å². The summed E-state index contributed by atoms with van der Waals surface area (Å²) in [5.74, 6) is -2.12. The van der Waals surface area contributed by atoms with Gasteiger partial charge in [-0.1, -0.05) is 11.8 Å². The van der Waals surface area contributed by atoms with E-state index in [0.29, 0.717) is 4.90 Å². The van der Waals surface area contributed by atoms with Gasteiger partial charge in [-0.15, -0.1) is 0 Å². The molecule has 8 heteroatoms. The summed E-state index contributed by atoms with van der Waals surface area (Å²) in [6, 6.07) is 9.07. The predicted molar refractivity (Wildman–Crippen MR) is 84.9 cm³/mol. The summed E-state index contributed by atoms with van der Waals surface area (Å²) in [5, 5.41) is 8.84. The summed E-state index contributed by atoms with van der Waals surface area (Å²) in [6.07, 6.45) is -4.70. The highest BCUT2D eigenvalue weighted by Gasteiger charge is 2.36. The van der Waals surface area contributed by atoms with E-state index < -0.39 is 29.2 Å². The number of hydrogen-bond acceptors (Lipinski definition) is 4. The molecule has 2 aromatic rings. The van der Waals surface area contributed by atoms with E-state index in [4.69, 9.17) is 5.11 Å². The lowest BCUT2D eigenvalue weighted by atomic mass is 10.1. The summed E-state index contributed by atoms with van der Waals surface area (Å²) in [6.45, 7) is 1.48. The van der Waals surface area contributed by atoms with Gasteiger partial charge in [0.25, 0.3) is 0 Å². The third kappa shape index (κ3) is 4.76. The number of hydrogen-bond donors (Lipinski definition) is 1. The summed E-state index contributed by atoms with van der Waals surface area (Å²) in [4.78, 5) is 23.3. The highest BCUT2D eigenvalue weighted by Crippen LogP contribution is 2.37. The van der Waals surface area contributed by atoms with Gasteiger partial charge in [0.15, 0.2) is 0 Å². The van der Waals surface area contributed by atoms with Crippen LogP contribution in [-0.2, 0) is 10.9 Å². The van der Waals surface area contributed by atoms with Crippen molar-refractivity contribution in [2.75, 3.05) is 6.61 Å². The molecular formula is C17H13F3O4S. The van der Waals surface area contributed by atoms with Gasteiger partial charge in [0.05, 0.1) is 23.3 Å². The van der Waals surface area contributed by atoms with Gasteiger partial charge < -0.3 is 9.84 Å². The second-order valence-electron chi connectivity index (χ2n) is 4.86. The number of carboxylic acid groups (broad SMARTS) is 1. The second kappa shape index (κ2) is 7.60. The zero-order valence-corrected chi connectivity index (χ0v) is 13.8. The molecule has 2 rings (SSSR count). The predicted octanol–water partition coefficient (Wildman–Crippen LogP) is 4.73. The molecule has 0 aliphatic rings. The maximum absolute atomic E-state index is 13.2.